The fraction of sp³-hybridized carbons (Fsp3) is 0.231. The highest BCUT2D eigenvalue weighted by atomic mass is 16.1. The summed E-state index contributed by atoms with van der Waals surface area (Å²) in [7, 11) is 0. The fourth-order valence-electron chi connectivity index (χ4n) is 1.65. The van der Waals surface area contributed by atoms with E-state index >= 15 is 0 Å². The minimum absolute atomic E-state index is 0.0979. The molecule has 0 saturated carbocycles. The smallest absolute Gasteiger partial charge is 0.251 e. The van der Waals surface area contributed by atoms with Crippen LogP contribution in [0, 0.1) is 0 Å². The molecule has 0 spiro atoms. The third-order valence-electron chi connectivity index (χ3n) is 2.61. The molecule has 2 aromatic heterocycles. The summed E-state index contributed by atoms with van der Waals surface area (Å²) in [6.45, 7) is 1.69. The lowest BCUT2D eigenvalue weighted by molar-refractivity contribution is 0.0952. The van der Waals surface area contributed by atoms with Crippen LogP contribution in [0.1, 0.15) is 16.1 Å². The predicted octanol–water partition coefficient (Wildman–Crippen LogP) is 0.772. The molecule has 0 aliphatic rings. The number of nitrogens with one attached hydrogen (secondary N) is 1. The number of amides is 1. The molecule has 94 valence electrons. The van der Waals surface area contributed by atoms with Gasteiger partial charge in [-0.05, 0) is 24.3 Å². The minimum Gasteiger partial charge on any atom is -0.353 e. The zero-order valence-electron chi connectivity index (χ0n) is 10.0. The van der Waals surface area contributed by atoms with Crippen LogP contribution >= 0.6 is 0 Å². The van der Waals surface area contributed by atoms with Gasteiger partial charge in [-0.25, -0.2) is 0 Å². The number of hydrogen-bond acceptors (Lipinski definition) is 3. The van der Waals surface area contributed by atoms with Crippen molar-refractivity contribution in [1.29, 1.82) is 0 Å². The number of nitrogens with zero attached hydrogens (tertiary/aromatic N) is 2. The summed E-state index contributed by atoms with van der Waals surface area (Å²) in [5, 5.41) is 2.86. The number of carbonyl (C=O) groups is 1. The number of rotatable bonds is 5. The first-order valence-corrected chi connectivity index (χ1v) is 5.83. The van der Waals surface area contributed by atoms with Gasteiger partial charge in [0.15, 0.2) is 0 Å². The Morgan fingerprint density at radius 1 is 1.39 bits per heavy atom. The minimum atomic E-state index is -0.0979. The van der Waals surface area contributed by atoms with Crippen LogP contribution in [0.4, 0.5) is 0 Å². The van der Waals surface area contributed by atoms with E-state index in [1.165, 1.54) is 0 Å². The van der Waals surface area contributed by atoms with E-state index in [0.29, 0.717) is 24.3 Å². The molecule has 0 aliphatic carbocycles. The molecule has 5 nitrogen and oxygen atoms in total. The lowest BCUT2D eigenvalue weighted by Crippen LogP contribution is -2.27. The van der Waals surface area contributed by atoms with Gasteiger partial charge in [0.05, 0.1) is 5.69 Å². The van der Waals surface area contributed by atoms with Gasteiger partial charge in [-0.3, -0.25) is 9.78 Å². The van der Waals surface area contributed by atoms with Crippen molar-refractivity contribution < 1.29 is 4.79 Å². The van der Waals surface area contributed by atoms with Crippen molar-refractivity contribution in [2.75, 3.05) is 6.54 Å². The van der Waals surface area contributed by atoms with Crippen LogP contribution in [0.15, 0.2) is 42.9 Å². The number of carbonyl (C=O) groups excluding carboxylic acids is 1. The van der Waals surface area contributed by atoms with Crippen molar-refractivity contribution in [3.05, 3.63) is 54.1 Å². The topological polar surface area (TPSA) is 72.9 Å². The summed E-state index contributed by atoms with van der Waals surface area (Å²) in [6.07, 6.45) is 5.53. The number of hydrogen-bond donors (Lipinski definition) is 2. The normalized spacial score (nSPS) is 10.3. The summed E-state index contributed by atoms with van der Waals surface area (Å²) >= 11 is 0. The third-order valence-corrected chi connectivity index (χ3v) is 2.61. The van der Waals surface area contributed by atoms with E-state index in [1.807, 2.05) is 29.1 Å². The van der Waals surface area contributed by atoms with Crippen LogP contribution in [0.25, 0.3) is 0 Å². The predicted molar refractivity (Wildman–Crippen MR) is 68.9 cm³/mol. The van der Waals surface area contributed by atoms with Gasteiger partial charge in [0.1, 0.15) is 0 Å². The second kappa shape index (κ2) is 5.97. The third kappa shape index (κ3) is 3.18. The summed E-state index contributed by atoms with van der Waals surface area (Å²) in [6, 6.07) is 7.31. The molecule has 0 atom stereocenters. The Labute approximate surface area is 106 Å². The Kier molecular flexibility index (Phi) is 4.09. The Morgan fingerprint density at radius 3 is 2.89 bits per heavy atom. The molecule has 0 unspecified atom stereocenters. The molecule has 0 fully saturated rings. The summed E-state index contributed by atoms with van der Waals surface area (Å²) in [5.74, 6) is -0.0979. The zero-order chi connectivity index (χ0) is 12.8. The van der Waals surface area contributed by atoms with Crippen molar-refractivity contribution in [2.24, 2.45) is 5.73 Å². The van der Waals surface area contributed by atoms with Crippen molar-refractivity contribution >= 4 is 5.91 Å². The lowest BCUT2D eigenvalue weighted by Gasteiger charge is -2.06. The van der Waals surface area contributed by atoms with Crippen molar-refractivity contribution in [2.45, 2.75) is 13.1 Å². The first-order chi connectivity index (χ1) is 8.79. The van der Waals surface area contributed by atoms with Crippen molar-refractivity contribution in [1.82, 2.24) is 14.9 Å². The molecule has 0 aromatic carbocycles. The van der Waals surface area contributed by atoms with Crippen molar-refractivity contribution in [3.8, 4) is 0 Å². The molecule has 0 bridgehead atoms. The largest absolute Gasteiger partial charge is 0.353 e. The molecule has 1 amide bonds. The molecule has 0 aliphatic heterocycles. The average molecular weight is 244 g/mol. The van der Waals surface area contributed by atoms with Gasteiger partial charge in [0.2, 0.25) is 0 Å². The van der Waals surface area contributed by atoms with E-state index in [2.05, 4.69) is 10.3 Å². The molecular weight excluding hydrogens is 228 g/mol. The Hall–Kier alpha value is -2.14. The van der Waals surface area contributed by atoms with Crippen LogP contribution in [0.2, 0.25) is 0 Å². The van der Waals surface area contributed by atoms with E-state index < -0.39 is 0 Å². The van der Waals surface area contributed by atoms with E-state index in [9.17, 15) is 4.79 Å². The molecule has 3 N–H and O–H groups in total. The Bertz CT molecular complexity index is 507. The van der Waals surface area contributed by atoms with Crippen LogP contribution in [0.3, 0.4) is 0 Å². The van der Waals surface area contributed by atoms with Gasteiger partial charge in [0.25, 0.3) is 5.91 Å². The SMILES string of the molecule is NCc1cc(C(=O)NCCn2cccc2)ccn1. The zero-order valence-corrected chi connectivity index (χ0v) is 10.0. The summed E-state index contributed by atoms with van der Waals surface area (Å²) in [5.41, 5.74) is 6.80. The van der Waals surface area contributed by atoms with Crippen LogP contribution in [-0.4, -0.2) is 22.0 Å². The number of pyridine rings is 1. The number of nitrogens with two attached hydrogens (primary N) is 1. The van der Waals surface area contributed by atoms with E-state index in [1.54, 1.807) is 18.3 Å². The molecular formula is C13H16N4O. The highest BCUT2D eigenvalue weighted by Gasteiger charge is 2.05. The summed E-state index contributed by atoms with van der Waals surface area (Å²) in [4.78, 5) is 15.9. The van der Waals surface area contributed by atoms with Gasteiger partial charge < -0.3 is 15.6 Å². The maximum atomic E-state index is 11.9. The molecule has 2 heterocycles. The Balaban J connectivity index is 1.87. The molecule has 0 saturated heterocycles. The van der Waals surface area contributed by atoms with Crippen LogP contribution in [0.5, 0.6) is 0 Å². The average Bonchev–Trinajstić information content (AvgIpc) is 2.92. The fourth-order valence-corrected chi connectivity index (χ4v) is 1.65. The van der Waals surface area contributed by atoms with Gasteiger partial charge in [-0.15, -0.1) is 0 Å². The quantitative estimate of drug-likeness (QED) is 0.816. The lowest BCUT2D eigenvalue weighted by atomic mass is 10.2. The second-order valence-electron chi connectivity index (χ2n) is 3.92. The van der Waals surface area contributed by atoms with E-state index in [4.69, 9.17) is 5.73 Å². The van der Waals surface area contributed by atoms with Gasteiger partial charge in [-0.2, -0.15) is 0 Å². The first-order valence-electron chi connectivity index (χ1n) is 5.83. The maximum Gasteiger partial charge on any atom is 0.251 e. The number of aromatic nitrogens is 2. The highest BCUT2D eigenvalue weighted by molar-refractivity contribution is 5.94. The van der Waals surface area contributed by atoms with E-state index in [-0.39, 0.29) is 5.91 Å². The van der Waals surface area contributed by atoms with Gasteiger partial charge in [0, 0.05) is 43.8 Å². The second-order valence-corrected chi connectivity index (χ2v) is 3.92. The maximum absolute atomic E-state index is 11.9. The monoisotopic (exact) mass is 244 g/mol. The van der Waals surface area contributed by atoms with Gasteiger partial charge >= 0.3 is 0 Å². The Morgan fingerprint density at radius 2 is 2.17 bits per heavy atom. The van der Waals surface area contributed by atoms with Gasteiger partial charge in [-0.1, -0.05) is 0 Å². The summed E-state index contributed by atoms with van der Waals surface area (Å²) < 4.78 is 2.01. The molecule has 2 aromatic rings. The molecule has 5 heteroatoms. The van der Waals surface area contributed by atoms with Crippen molar-refractivity contribution in [3.63, 3.8) is 0 Å². The van der Waals surface area contributed by atoms with Crippen LogP contribution in [-0.2, 0) is 13.1 Å². The molecule has 2 rings (SSSR count). The highest BCUT2D eigenvalue weighted by Crippen LogP contribution is 2.01. The first kappa shape index (κ1) is 12.3. The van der Waals surface area contributed by atoms with Crippen LogP contribution < -0.4 is 11.1 Å². The molecule has 18 heavy (non-hydrogen) atoms. The molecule has 0 radical (unpaired) electrons. The standard InChI is InChI=1S/C13H16N4O/c14-10-12-9-11(3-4-15-12)13(18)16-5-8-17-6-1-2-7-17/h1-4,6-7,9H,5,8,10,14H2,(H,16,18). The van der Waals surface area contributed by atoms with E-state index in [0.717, 1.165) is 6.54 Å².